The minimum Gasteiger partial charge on any atom is -0.492 e. The smallest absolute Gasteiger partial charge is 0.416 e. The van der Waals surface area contributed by atoms with Gasteiger partial charge in [-0.15, -0.1) is 0 Å². The molecule has 1 fully saturated rings. The molecule has 39 heavy (non-hydrogen) atoms. The van der Waals surface area contributed by atoms with Crippen LogP contribution in [0.25, 0.3) is 0 Å². The Bertz CT molecular complexity index is 1240. The van der Waals surface area contributed by atoms with Gasteiger partial charge >= 0.3 is 18.2 Å². The Hall–Kier alpha value is -3.47. The zero-order valence-electron chi connectivity index (χ0n) is 21.6. The highest BCUT2D eigenvalue weighted by Crippen LogP contribution is 2.44. The third-order valence-corrected chi connectivity index (χ3v) is 7.62. The topological polar surface area (TPSA) is 88.5 Å². The fourth-order valence-electron chi connectivity index (χ4n) is 5.71. The highest BCUT2D eigenvalue weighted by Gasteiger charge is 2.38. The summed E-state index contributed by atoms with van der Waals surface area (Å²) in [5.74, 6) is -0.0124. The molecule has 1 amide bonds. The summed E-state index contributed by atoms with van der Waals surface area (Å²) in [6.07, 6.45) is -4.31. The number of ether oxygens (including phenoxy) is 3. The van der Waals surface area contributed by atoms with E-state index in [4.69, 9.17) is 19.3 Å². The van der Waals surface area contributed by atoms with Crippen molar-refractivity contribution in [3.8, 4) is 11.5 Å². The number of rotatable bonds is 7. The first kappa shape index (κ1) is 27.1. The number of carboxylic acid groups (broad SMARTS) is 1. The lowest BCUT2D eigenvalue weighted by Crippen LogP contribution is -2.48. The number of fused-ring (bicyclic) bond motifs is 2. The van der Waals surface area contributed by atoms with Crippen LogP contribution in [0.4, 0.5) is 18.0 Å². The van der Waals surface area contributed by atoms with Gasteiger partial charge in [0.1, 0.15) is 17.6 Å². The number of hydrogen-bond donors (Lipinski definition) is 1. The van der Waals surface area contributed by atoms with Gasteiger partial charge in [-0.1, -0.05) is 12.1 Å². The minimum absolute atomic E-state index is 0.0224. The third-order valence-electron chi connectivity index (χ3n) is 7.62. The molecule has 2 aliphatic heterocycles. The number of nitrogens with zero attached hydrogens (tertiary/aromatic N) is 2. The zero-order valence-corrected chi connectivity index (χ0v) is 21.6. The van der Waals surface area contributed by atoms with Gasteiger partial charge in [-0.25, -0.2) is 4.79 Å². The van der Waals surface area contributed by atoms with E-state index in [1.165, 1.54) is 6.07 Å². The number of piperazine rings is 1. The Labute approximate surface area is 224 Å². The summed E-state index contributed by atoms with van der Waals surface area (Å²) in [5.41, 5.74) is 1.86. The molecule has 2 atom stereocenters. The Balaban J connectivity index is 1.33. The van der Waals surface area contributed by atoms with Gasteiger partial charge in [0.2, 0.25) is 0 Å². The molecule has 0 radical (unpaired) electrons. The molecule has 3 aliphatic rings. The Morgan fingerprint density at radius 1 is 1.10 bits per heavy atom. The van der Waals surface area contributed by atoms with Crippen molar-refractivity contribution in [2.75, 3.05) is 39.4 Å². The number of carboxylic acids is 1. The third kappa shape index (κ3) is 5.78. The number of carbonyl (C=O) groups is 2. The van der Waals surface area contributed by atoms with Gasteiger partial charge in [0.15, 0.2) is 0 Å². The zero-order chi connectivity index (χ0) is 27.7. The van der Waals surface area contributed by atoms with Gasteiger partial charge in [-0.3, -0.25) is 9.69 Å². The highest BCUT2D eigenvalue weighted by atomic mass is 19.4. The lowest BCUT2D eigenvalue weighted by atomic mass is 9.96. The van der Waals surface area contributed by atoms with Crippen LogP contribution in [0.5, 0.6) is 11.5 Å². The number of halogens is 3. The molecule has 5 rings (SSSR count). The van der Waals surface area contributed by atoms with Crippen LogP contribution in [0.3, 0.4) is 0 Å². The van der Waals surface area contributed by atoms with E-state index in [1.54, 1.807) is 30.0 Å². The second-order valence-electron chi connectivity index (χ2n) is 10.1. The summed E-state index contributed by atoms with van der Waals surface area (Å²) < 4.78 is 59.0. The van der Waals surface area contributed by atoms with Crippen molar-refractivity contribution in [1.29, 1.82) is 0 Å². The van der Waals surface area contributed by atoms with E-state index >= 15 is 0 Å². The van der Waals surface area contributed by atoms with Gasteiger partial charge in [0, 0.05) is 50.3 Å². The van der Waals surface area contributed by atoms with E-state index in [9.17, 15) is 22.8 Å². The quantitative estimate of drug-likeness (QED) is 0.521. The first-order valence-electron chi connectivity index (χ1n) is 13.1. The van der Waals surface area contributed by atoms with E-state index in [2.05, 4.69) is 0 Å². The molecule has 1 N–H and O–H groups in total. The van der Waals surface area contributed by atoms with Crippen LogP contribution in [-0.2, 0) is 28.7 Å². The van der Waals surface area contributed by atoms with Crippen LogP contribution in [0.2, 0.25) is 0 Å². The molecule has 8 nitrogen and oxygen atoms in total. The fourth-order valence-corrected chi connectivity index (χ4v) is 5.71. The van der Waals surface area contributed by atoms with E-state index in [1.807, 2.05) is 4.90 Å². The van der Waals surface area contributed by atoms with E-state index in [0.29, 0.717) is 56.1 Å². The summed E-state index contributed by atoms with van der Waals surface area (Å²) in [6.45, 7) is 4.14. The standard InChI is InChI=1S/C28H31F3N2O6/c1-2-37-27(36)33-11-9-32(10-12-33)15-22-20-6-8-24(21(20)5-7-23(22)28(29,30)31)39-18-3-4-19-17(13-26(34)35)16-38-25(19)14-18/h3-5,7,14,17,24H,2,6,8-13,15-16H2,1H3,(H,34,35)/t17?,24-/m1/s1. The van der Waals surface area contributed by atoms with Crippen molar-refractivity contribution in [2.45, 2.75) is 50.9 Å². The van der Waals surface area contributed by atoms with Crippen LogP contribution in [-0.4, -0.2) is 66.4 Å². The van der Waals surface area contributed by atoms with Gasteiger partial charge in [0.25, 0.3) is 0 Å². The van der Waals surface area contributed by atoms with Crippen molar-refractivity contribution >= 4 is 12.1 Å². The van der Waals surface area contributed by atoms with Crippen LogP contribution >= 0.6 is 0 Å². The number of aliphatic carboxylic acids is 1. The Kier molecular flexibility index (Phi) is 7.61. The lowest BCUT2D eigenvalue weighted by Gasteiger charge is -2.35. The maximum atomic E-state index is 14.0. The normalized spacial score (nSPS) is 20.8. The summed E-state index contributed by atoms with van der Waals surface area (Å²) in [5, 5.41) is 9.11. The predicted octanol–water partition coefficient (Wildman–Crippen LogP) is 5.00. The average Bonchev–Trinajstić information content (AvgIpc) is 3.48. The minimum atomic E-state index is -4.49. The second-order valence-corrected chi connectivity index (χ2v) is 10.1. The molecule has 2 heterocycles. The molecule has 0 bridgehead atoms. The second kappa shape index (κ2) is 11.0. The molecular weight excluding hydrogens is 517 g/mol. The van der Waals surface area contributed by atoms with Crippen molar-refractivity contribution in [2.24, 2.45) is 0 Å². The molecule has 0 spiro atoms. The Morgan fingerprint density at radius 3 is 2.54 bits per heavy atom. The van der Waals surface area contributed by atoms with Crippen molar-refractivity contribution in [3.05, 3.63) is 58.1 Å². The molecule has 0 aromatic heterocycles. The molecule has 2 aromatic rings. The van der Waals surface area contributed by atoms with E-state index < -0.39 is 29.9 Å². The van der Waals surface area contributed by atoms with E-state index in [0.717, 1.165) is 17.2 Å². The first-order chi connectivity index (χ1) is 18.6. The monoisotopic (exact) mass is 548 g/mol. The number of hydrogen-bond acceptors (Lipinski definition) is 6. The van der Waals surface area contributed by atoms with Crippen molar-refractivity contribution in [3.63, 3.8) is 0 Å². The SMILES string of the molecule is CCOC(=O)N1CCN(Cc2c(C(F)(F)F)ccc3c2CC[C@H]3Oc2ccc3c(c2)OCC3CC(=O)O)CC1. The Morgan fingerprint density at radius 2 is 1.85 bits per heavy atom. The largest absolute Gasteiger partial charge is 0.492 e. The molecular formula is C28H31F3N2O6. The summed E-state index contributed by atoms with van der Waals surface area (Å²) in [4.78, 5) is 26.6. The van der Waals surface area contributed by atoms with Crippen LogP contribution in [0.15, 0.2) is 30.3 Å². The van der Waals surface area contributed by atoms with Crippen LogP contribution < -0.4 is 9.47 Å². The highest BCUT2D eigenvalue weighted by molar-refractivity contribution is 5.69. The van der Waals surface area contributed by atoms with E-state index in [-0.39, 0.29) is 37.7 Å². The van der Waals surface area contributed by atoms with Gasteiger partial charge in [-0.2, -0.15) is 13.2 Å². The van der Waals surface area contributed by atoms with Gasteiger partial charge in [-0.05, 0) is 48.6 Å². The predicted molar refractivity (Wildman–Crippen MR) is 134 cm³/mol. The number of carbonyl (C=O) groups excluding carboxylic acids is 1. The lowest BCUT2D eigenvalue weighted by molar-refractivity contribution is -0.139. The maximum absolute atomic E-state index is 14.0. The number of benzene rings is 2. The fraction of sp³-hybridized carbons (Fsp3) is 0.500. The maximum Gasteiger partial charge on any atom is 0.416 e. The van der Waals surface area contributed by atoms with Crippen molar-refractivity contribution < 1.29 is 42.1 Å². The molecule has 0 saturated carbocycles. The molecule has 1 aliphatic carbocycles. The molecule has 1 unspecified atom stereocenters. The van der Waals surface area contributed by atoms with Crippen LogP contribution in [0, 0.1) is 0 Å². The first-order valence-corrected chi connectivity index (χ1v) is 13.1. The van der Waals surface area contributed by atoms with Gasteiger partial charge in [0.05, 0.1) is 25.2 Å². The van der Waals surface area contributed by atoms with Crippen LogP contribution in [0.1, 0.15) is 59.6 Å². The van der Waals surface area contributed by atoms with Gasteiger partial charge < -0.3 is 24.2 Å². The summed E-state index contributed by atoms with van der Waals surface area (Å²) in [6, 6.07) is 7.95. The summed E-state index contributed by atoms with van der Waals surface area (Å²) in [7, 11) is 0. The molecule has 2 aromatic carbocycles. The average molecular weight is 549 g/mol. The van der Waals surface area contributed by atoms with Crippen molar-refractivity contribution in [1.82, 2.24) is 9.80 Å². The molecule has 210 valence electrons. The number of alkyl halides is 3. The summed E-state index contributed by atoms with van der Waals surface area (Å²) >= 11 is 0. The molecule has 11 heteroatoms. The number of amides is 1. The molecule has 1 saturated heterocycles.